The third-order valence-corrected chi connectivity index (χ3v) is 2.42. The fourth-order valence-electron chi connectivity index (χ4n) is 1.71. The summed E-state index contributed by atoms with van der Waals surface area (Å²) in [5.74, 6) is 0.127. The van der Waals surface area contributed by atoms with Gasteiger partial charge in [0.1, 0.15) is 0 Å². The zero-order valence-electron chi connectivity index (χ0n) is 8.44. The summed E-state index contributed by atoms with van der Waals surface area (Å²) < 4.78 is 0. The summed E-state index contributed by atoms with van der Waals surface area (Å²) >= 11 is 0. The molecular weight excluding hydrogens is 184 g/mol. The van der Waals surface area contributed by atoms with Gasteiger partial charge in [0.2, 0.25) is 0 Å². The third-order valence-electron chi connectivity index (χ3n) is 2.42. The molecule has 0 saturated carbocycles. The van der Waals surface area contributed by atoms with Crippen molar-refractivity contribution >= 4 is 16.6 Å². The van der Waals surface area contributed by atoms with Gasteiger partial charge in [0.05, 0.1) is 0 Å². The molecule has 0 aliphatic heterocycles. The summed E-state index contributed by atoms with van der Waals surface area (Å²) in [4.78, 5) is 11.8. The van der Waals surface area contributed by atoms with Crippen molar-refractivity contribution in [1.82, 2.24) is 0 Å². The Bertz CT molecular complexity index is 506. The van der Waals surface area contributed by atoms with Gasteiger partial charge >= 0.3 is 0 Å². The van der Waals surface area contributed by atoms with E-state index in [2.05, 4.69) is 6.58 Å². The zero-order chi connectivity index (χ0) is 10.7. The molecule has 2 aromatic carbocycles. The first kappa shape index (κ1) is 9.66. The third kappa shape index (κ3) is 1.82. The van der Waals surface area contributed by atoms with Gasteiger partial charge in [-0.3, -0.25) is 4.79 Å². The van der Waals surface area contributed by atoms with Crippen molar-refractivity contribution in [2.24, 2.45) is 0 Å². The van der Waals surface area contributed by atoms with Crippen LogP contribution in [-0.4, -0.2) is 5.78 Å². The first-order chi connectivity index (χ1) is 7.33. The molecule has 0 atom stereocenters. The maximum atomic E-state index is 11.8. The summed E-state index contributed by atoms with van der Waals surface area (Å²) in [7, 11) is 0. The number of hydrogen-bond donors (Lipinski definition) is 0. The van der Waals surface area contributed by atoms with Crippen LogP contribution >= 0.6 is 0 Å². The van der Waals surface area contributed by atoms with Gasteiger partial charge in [-0.1, -0.05) is 48.5 Å². The van der Waals surface area contributed by atoms with Crippen molar-refractivity contribution < 1.29 is 4.79 Å². The topological polar surface area (TPSA) is 17.1 Å². The lowest BCUT2D eigenvalue weighted by molar-refractivity contribution is 0.0997. The summed E-state index contributed by atoms with van der Waals surface area (Å²) in [5.41, 5.74) is 0.785. The Morgan fingerprint density at radius 2 is 1.87 bits per heavy atom. The molecule has 0 amide bonds. The Morgan fingerprint density at radius 1 is 1.13 bits per heavy atom. The van der Waals surface area contributed by atoms with Crippen LogP contribution < -0.4 is 0 Å². The highest BCUT2D eigenvalue weighted by Crippen LogP contribution is 2.19. The smallest absolute Gasteiger partial charge is 0.167 e. The van der Waals surface area contributed by atoms with Crippen LogP contribution in [0, 0.1) is 0 Å². The molecule has 0 N–H and O–H groups in total. The minimum absolute atomic E-state index is 0.127. The predicted molar refractivity (Wildman–Crippen MR) is 63.1 cm³/mol. The largest absolute Gasteiger partial charge is 0.294 e. The lowest BCUT2D eigenvalue weighted by Crippen LogP contribution is -1.97. The van der Waals surface area contributed by atoms with E-state index in [9.17, 15) is 4.79 Å². The molecule has 74 valence electrons. The zero-order valence-corrected chi connectivity index (χ0v) is 8.44. The molecule has 1 nitrogen and oxygen atoms in total. The Balaban J connectivity index is 2.60. The standard InChI is InChI=1S/C14H12O/c1-2-6-14(15)13-10-5-8-11-7-3-4-9-12(11)13/h2-5,7-10H,1,6H2. The average Bonchev–Trinajstić information content (AvgIpc) is 2.28. The van der Waals surface area contributed by atoms with Crippen LogP contribution in [0.4, 0.5) is 0 Å². The van der Waals surface area contributed by atoms with E-state index in [4.69, 9.17) is 0 Å². The van der Waals surface area contributed by atoms with E-state index in [1.165, 1.54) is 0 Å². The molecule has 2 rings (SSSR count). The van der Waals surface area contributed by atoms with Crippen molar-refractivity contribution in [3.05, 3.63) is 60.7 Å². The van der Waals surface area contributed by atoms with Gasteiger partial charge in [0, 0.05) is 12.0 Å². The first-order valence-electron chi connectivity index (χ1n) is 4.95. The molecule has 0 saturated heterocycles. The molecule has 0 spiro atoms. The molecule has 0 unspecified atom stereocenters. The molecule has 0 radical (unpaired) electrons. The van der Waals surface area contributed by atoms with Gasteiger partial charge in [0.25, 0.3) is 0 Å². The molecular formula is C14H12O. The number of Topliss-reactive ketones (excluding diaryl/α,β-unsaturated/α-hetero) is 1. The van der Waals surface area contributed by atoms with Gasteiger partial charge in [-0.05, 0) is 10.8 Å². The van der Waals surface area contributed by atoms with Crippen LogP contribution in [-0.2, 0) is 0 Å². The highest BCUT2D eigenvalue weighted by molar-refractivity contribution is 6.08. The van der Waals surface area contributed by atoms with E-state index in [0.29, 0.717) is 6.42 Å². The van der Waals surface area contributed by atoms with Crippen LogP contribution in [0.2, 0.25) is 0 Å². The van der Waals surface area contributed by atoms with Crippen molar-refractivity contribution in [2.45, 2.75) is 6.42 Å². The van der Waals surface area contributed by atoms with Gasteiger partial charge in [-0.2, -0.15) is 0 Å². The number of benzene rings is 2. The SMILES string of the molecule is C=CCC(=O)c1cccc2ccccc12. The quantitative estimate of drug-likeness (QED) is 0.541. The van der Waals surface area contributed by atoms with E-state index in [-0.39, 0.29) is 5.78 Å². The molecule has 0 aromatic heterocycles. The normalized spacial score (nSPS) is 10.1. The Kier molecular flexibility index (Phi) is 2.64. The number of allylic oxidation sites excluding steroid dienone is 1. The number of ketones is 1. The Hall–Kier alpha value is -1.89. The molecule has 0 heterocycles. The first-order valence-corrected chi connectivity index (χ1v) is 4.95. The van der Waals surface area contributed by atoms with Gasteiger partial charge in [0.15, 0.2) is 5.78 Å². The molecule has 15 heavy (non-hydrogen) atoms. The minimum atomic E-state index is 0.127. The number of fused-ring (bicyclic) bond motifs is 1. The Labute approximate surface area is 89.0 Å². The van der Waals surface area contributed by atoms with E-state index in [0.717, 1.165) is 16.3 Å². The van der Waals surface area contributed by atoms with Crippen molar-refractivity contribution in [1.29, 1.82) is 0 Å². The van der Waals surface area contributed by atoms with Crippen molar-refractivity contribution in [3.63, 3.8) is 0 Å². The van der Waals surface area contributed by atoms with Gasteiger partial charge in [-0.15, -0.1) is 6.58 Å². The molecule has 0 fully saturated rings. The molecule has 2 aromatic rings. The van der Waals surface area contributed by atoms with Crippen LogP contribution in [0.15, 0.2) is 55.1 Å². The number of rotatable bonds is 3. The minimum Gasteiger partial charge on any atom is -0.294 e. The second kappa shape index (κ2) is 4.09. The van der Waals surface area contributed by atoms with Crippen molar-refractivity contribution in [3.8, 4) is 0 Å². The van der Waals surface area contributed by atoms with E-state index in [1.54, 1.807) is 6.08 Å². The maximum absolute atomic E-state index is 11.8. The average molecular weight is 196 g/mol. The fraction of sp³-hybridized carbons (Fsp3) is 0.0714. The number of carbonyl (C=O) groups excluding carboxylic acids is 1. The van der Waals surface area contributed by atoms with Crippen molar-refractivity contribution in [2.75, 3.05) is 0 Å². The molecule has 1 heteroatoms. The van der Waals surface area contributed by atoms with Crippen LogP contribution in [0.3, 0.4) is 0 Å². The fourth-order valence-corrected chi connectivity index (χ4v) is 1.71. The molecule has 0 bridgehead atoms. The van der Waals surface area contributed by atoms with Crippen LogP contribution in [0.25, 0.3) is 10.8 Å². The summed E-state index contributed by atoms with van der Waals surface area (Å²) in [5, 5.41) is 2.12. The number of carbonyl (C=O) groups is 1. The van der Waals surface area contributed by atoms with Crippen LogP contribution in [0.5, 0.6) is 0 Å². The van der Waals surface area contributed by atoms with E-state index in [1.807, 2.05) is 42.5 Å². The summed E-state index contributed by atoms with van der Waals surface area (Å²) in [6.07, 6.45) is 2.04. The van der Waals surface area contributed by atoms with E-state index < -0.39 is 0 Å². The monoisotopic (exact) mass is 196 g/mol. The van der Waals surface area contributed by atoms with Gasteiger partial charge < -0.3 is 0 Å². The summed E-state index contributed by atoms with van der Waals surface area (Å²) in [6.45, 7) is 3.59. The lowest BCUT2D eigenvalue weighted by atomic mass is 10.00. The molecule has 0 aliphatic carbocycles. The maximum Gasteiger partial charge on any atom is 0.167 e. The summed E-state index contributed by atoms with van der Waals surface area (Å²) in [6, 6.07) is 13.7. The predicted octanol–water partition coefficient (Wildman–Crippen LogP) is 3.60. The second-order valence-corrected chi connectivity index (χ2v) is 3.44. The van der Waals surface area contributed by atoms with Gasteiger partial charge in [-0.25, -0.2) is 0 Å². The van der Waals surface area contributed by atoms with Crippen LogP contribution in [0.1, 0.15) is 16.8 Å². The molecule has 0 aliphatic rings. The lowest BCUT2D eigenvalue weighted by Gasteiger charge is -2.03. The highest BCUT2D eigenvalue weighted by Gasteiger charge is 2.06. The number of hydrogen-bond acceptors (Lipinski definition) is 1. The second-order valence-electron chi connectivity index (χ2n) is 3.44. The highest BCUT2D eigenvalue weighted by atomic mass is 16.1. The Morgan fingerprint density at radius 3 is 2.67 bits per heavy atom. The van der Waals surface area contributed by atoms with E-state index >= 15 is 0 Å².